The Morgan fingerprint density at radius 2 is 2.22 bits per heavy atom. The van der Waals surface area contributed by atoms with Crippen molar-refractivity contribution in [1.29, 1.82) is 0 Å². The molecular weight excluding hydrogens is 112 g/mol. The summed E-state index contributed by atoms with van der Waals surface area (Å²) in [6.45, 7) is 7.62. The highest BCUT2D eigenvalue weighted by molar-refractivity contribution is 5.11. The van der Waals surface area contributed by atoms with Crippen LogP contribution in [-0.2, 0) is 4.74 Å². The molecule has 0 amide bonds. The lowest BCUT2D eigenvalue weighted by Crippen LogP contribution is -2.05. The molecule has 0 aromatic carbocycles. The van der Waals surface area contributed by atoms with Crippen LogP contribution in [0.2, 0.25) is 0 Å². The van der Waals surface area contributed by atoms with E-state index in [0.29, 0.717) is 0 Å². The molecule has 0 heterocycles. The summed E-state index contributed by atoms with van der Waals surface area (Å²) in [4.78, 5) is 0. The van der Waals surface area contributed by atoms with Crippen molar-refractivity contribution in [3.05, 3.63) is 24.3 Å². The first-order chi connectivity index (χ1) is 4.22. The van der Waals surface area contributed by atoms with Gasteiger partial charge in [-0.1, -0.05) is 18.7 Å². The molecule has 0 rings (SSSR count). The topological polar surface area (TPSA) is 9.23 Å². The number of hydrogen-bond donors (Lipinski definition) is 0. The Balaban J connectivity index is 3.84. The average Bonchev–Trinajstić information content (AvgIpc) is 1.87. The van der Waals surface area contributed by atoms with Crippen molar-refractivity contribution < 1.29 is 4.74 Å². The highest BCUT2D eigenvalue weighted by Crippen LogP contribution is 2.02. The lowest BCUT2D eigenvalue weighted by Gasteiger charge is -2.07. The largest absolute Gasteiger partial charge is 0.377 e. The van der Waals surface area contributed by atoms with Crippen LogP contribution < -0.4 is 0 Å². The molecule has 0 aliphatic rings. The van der Waals surface area contributed by atoms with Crippen LogP contribution >= 0.6 is 0 Å². The number of allylic oxidation sites excluding steroid dienone is 2. The predicted octanol–water partition coefficient (Wildman–Crippen LogP) is 2.15. The number of hydrogen-bond acceptors (Lipinski definition) is 1. The quantitative estimate of drug-likeness (QED) is 0.526. The maximum absolute atomic E-state index is 5.05. The van der Waals surface area contributed by atoms with Gasteiger partial charge in [0.1, 0.15) is 0 Å². The molecule has 52 valence electrons. The zero-order valence-corrected chi connectivity index (χ0v) is 6.35. The molecule has 0 spiro atoms. The van der Waals surface area contributed by atoms with Crippen LogP contribution in [0.15, 0.2) is 24.3 Å². The van der Waals surface area contributed by atoms with Gasteiger partial charge in [-0.2, -0.15) is 0 Å². The van der Waals surface area contributed by atoms with Gasteiger partial charge in [-0.15, -0.1) is 0 Å². The fourth-order valence-corrected chi connectivity index (χ4v) is 0.507. The Labute approximate surface area is 57.0 Å². The van der Waals surface area contributed by atoms with Crippen molar-refractivity contribution >= 4 is 0 Å². The molecule has 0 N–H and O–H groups in total. The molecule has 0 bridgehead atoms. The average molecular weight is 126 g/mol. The first-order valence-electron chi connectivity index (χ1n) is 3.04. The molecule has 0 saturated carbocycles. The van der Waals surface area contributed by atoms with E-state index in [1.165, 1.54) is 5.57 Å². The van der Waals surface area contributed by atoms with Crippen LogP contribution in [0.25, 0.3) is 0 Å². The van der Waals surface area contributed by atoms with E-state index in [9.17, 15) is 0 Å². The van der Waals surface area contributed by atoms with E-state index in [0.717, 1.165) is 0 Å². The van der Waals surface area contributed by atoms with Gasteiger partial charge in [-0.05, 0) is 19.4 Å². The molecule has 0 fully saturated rings. The fraction of sp³-hybridized carbons (Fsp3) is 0.500. The van der Waals surface area contributed by atoms with E-state index in [1.54, 1.807) is 13.2 Å². The maximum Gasteiger partial charge on any atom is 0.0753 e. The summed E-state index contributed by atoms with van der Waals surface area (Å²) in [6.07, 6.45) is 3.93. The first-order valence-corrected chi connectivity index (χ1v) is 3.04. The summed E-state index contributed by atoms with van der Waals surface area (Å²) >= 11 is 0. The van der Waals surface area contributed by atoms with Crippen molar-refractivity contribution in [1.82, 2.24) is 0 Å². The monoisotopic (exact) mass is 126 g/mol. The van der Waals surface area contributed by atoms with Crippen LogP contribution in [-0.4, -0.2) is 13.2 Å². The lowest BCUT2D eigenvalue weighted by molar-refractivity contribution is 0.147. The summed E-state index contributed by atoms with van der Waals surface area (Å²) < 4.78 is 5.05. The van der Waals surface area contributed by atoms with Crippen molar-refractivity contribution in [2.75, 3.05) is 7.11 Å². The summed E-state index contributed by atoms with van der Waals surface area (Å²) in [5.41, 5.74) is 1.20. The zero-order valence-electron chi connectivity index (χ0n) is 6.35. The van der Waals surface area contributed by atoms with Crippen LogP contribution in [0.5, 0.6) is 0 Å². The van der Waals surface area contributed by atoms with Gasteiger partial charge in [0.15, 0.2) is 0 Å². The van der Waals surface area contributed by atoms with E-state index < -0.39 is 0 Å². The van der Waals surface area contributed by atoms with Gasteiger partial charge in [0.05, 0.1) is 6.10 Å². The number of rotatable bonds is 3. The Hall–Kier alpha value is -0.560. The third-order valence-electron chi connectivity index (χ3n) is 1.38. The molecular formula is C8H14O. The Morgan fingerprint density at radius 3 is 2.56 bits per heavy atom. The smallest absolute Gasteiger partial charge is 0.0753 e. The van der Waals surface area contributed by atoms with E-state index in [1.807, 2.05) is 19.9 Å². The second-order valence-corrected chi connectivity index (χ2v) is 2.02. The highest BCUT2D eigenvalue weighted by atomic mass is 16.5. The molecule has 1 nitrogen and oxygen atoms in total. The molecule has 0 saturated heterocycles. The first kappa shape index (κ1) is 8.44. The second kappa shape index (κ2) is 4.33. The number of methoxy groups -OCH3 is 1. The van der Waals surface area contributed by atoms with Crippen molar-refractivity contribution in [2.24, 2.45) is 0 Å². The molecule has 0 aliphatic heterocycles. The van der Waals surface area contributed by atoms with E-state index in [2.05, 4.69) is 6.58 Å². The molecule has 0 aromatic heterocycles. The minimum Gasteiger partial charge on any atom is -0.377 e. The molecule has 0 radical (unpaired) electrons. The van der Waals surface area contributed by atoms with Crippen molar-refractivity contribution in [3.8, 4) is 0 Å². The second-order valence-electron chi connectivity index (χ2n) is 2.02. The van der Waals surface area contributed by atoms with Gasteiger partial charge in [-0.3, -0.25) is 0 Å². The Kier molecular flexibility index (Phi) is 4.06. The summed E-state index contributed by atoms with van der Waals surface area (Å²) in [7, 11) is 1.70. The molecule has 0 aromatic rings. The predicted molar refractivity (Wildman–Crippen MR) is 40.4 cm³/mol. The van der Waals surface area contributed by atoms with Crippen molar-refractivity contribution in [2.45, 2.75) is 20.0 Å². The zero-order chi connectivity index (χ0) is 7.28. The molecule has 1 heteroatoms. The summed E-state index contributed by atoms with van der Waals surface area (Å²) in [5.74, 6) is 0. The Bertz CT molecular complexity index is 114. The highest BCUT2D eigenvalue weighted by Gasteiger charge is 1.97. The van der Waals surface area contributed by atoms with Gasteiger partial charge in [0.2, 0.25) is 0 Å². The SMILES string of the molecule is C=CC=C(C)C(C)OC. The fourth-order valence-electron chi connectivity index (χ4n) is 0.507. The van der Waals surface area contributed by atoms with Gasteiger partial charge in [-0.25, -0.2) is 0 Å². The maximum atomic E-state index is 5.05. The molecule has 0 aliphatic carbocycles. The van der Waals surface area contributed by atoms with Crippen LogP contribution in [0.3, 0.4) is 0 Å². The standard InChI is InChI=1S/C8H14O/c1-5-6-7(2)8(3)9-4/h5-6,8H,1H2,2-4H3. The lowest BCUT2D eigenvalue weighted by atomic mass is 10.2. The minimum atomic E-state index is 0.211. The van der Waals surface area contributed by atoms with Crippen molar-refractivity contribution in [3.63, 3.8) is 0 Å². The normalized spacial score (nSPS) is 15.2. The summed E-state index contributed by atoms with van der Waals surface area (Å²) in [5, 5.41) is 0. The van der Waals surface area contributed by atoms with Crippen LogP contribution in [0.4, 0.5) is 0 Å². The van der Waals surface area contributed by atoms with Gasteiger partial charge < -0.3 is 4.74 Å². The summed E-state index contributed by atoms with van der Waals surface area (Å²) in [6, 6.07) is 0. The van der Waals surface area contributed by atoms with Gasteiger partial charge in [0, 0.05) is 7.11 Å². The molecule has 1 unspecified atom stereocenters. The van der Waals surface area contributed by atoms with Crippen LogP contribution in [0, 0.1) is 0 Å². The van der Waals surface area contributed by atoms with Gasteiger partial charge in [0.25, 0.3) is 0 Å². The van der Waals surface area contributed by atoms with E-state index in [4.69, 9.17) is 4.74 Å². The minimum absolute atomic E-state index is 0.211. The number of ether oxygens (including phenoxy) is 1. The van der Waals surface area contributed by atoms with Crippen LogP contribution in [0.1, 0.15) is 13.8 Å². The third-order valence-corrected chi connectivity index (χ3v) is 1.38. The van der Waals surface area contributed by atoms with E-state index in [-0.39, 0.29) is 6.10 Å². The Morgan fingerprint density at radius 1 is 1.67 bits per heavy atom. The van der Waals surface area contributed by atoms with Gasteiger partial charge >= 0.3 is 0 Å². The van der Waals surface area contributed by atoms with E-state index >= 15 is 0 Å². The molecule has 1 atom stereocenters. The molecule has 9 heavy (non-hydrogen) atoms. The third kappa shape index (κ3) is 3.09.